The van der Waals surface area contributed by atoms with Crippen molar-refractivity contribution in [1.29, 1.82) is 0 Å². The number of hydrogen-bond acceptors (Lipinski definition) is 1. The van der Waals surface area contributed by atoms with E-state index < -0.39 is 0 Å². The molecule has 53 heavy (non-hydrogen) atoms. The predicted molar refractivity (Wildman–Crippen MR) is 226 cm³/mol. The standard InChI is InChI=1S/C52H37N/c1-4-14-38(15-5-1)44-22-12-24-51(36-44)53(52-25-13-23-45(37-52)46-27-26-41-20-10-11-21-43(41)32-46)50-30-28-42(29-31-50)49-34-47(39-16-6-2-7-17-39)33-48(35-49)40-18-8-3-9-19-40/h1-37H. The molecule has 0 bridgehead atoms. The van der Waals surface area contributed by atoms with E-state index in [9.17, 15) is 0 Å². The van der Waals surface area contributed by atoms with E-state index in [-0.39, 0.29) is 0 Å². The summed E-state index contributed by atoms with van der Waals surface area (Å²) >= 11 is 0. The molecule has 9 aromatic carbocycles. The van der Waals surface area contributed by atoms with Gasteiger partial charge in [-0.25, -0.2) is 0 Å². The molecule has 0 aliphatic heterocycles. The van der Waals surface area contributed by atoms with Crippen LogP contribution in [0, 0.1) is 0 Å². The Morgan fingerprint density at radius 1 is 0.189 bits per heavy atom. The first-order valence-corrected chi connectivity index (χ1v) is 18.2. The Bertz CT molecular complexity index is 2590. The van der Waals surface area contributed by atoms with E-state index in [0.717, 1.165) is 17.1 Å². The normalized spacial score (nSPS) is 11.0. The maximum atomic E-state index is 2.37. The fraction of sp³-hybridized carbons (Fsp3) is 0. The van der Waals surface area contributed by atoms with E-state index >= 15 is 0 Å². The van der Waals surface area contributed by atoms with E-state index in [1.54, 1.807) is 0 Å². The van der Waals surface area contributed by atoms with Gasteiger partial charge in [-0.2, -0.15) is 0 Å². The van der Waals surface area contributed by atoms with Crippen LogP contribution in [0.15, 0.2) is 224 Å². The van der Waals surface area contributed by atoms with Crippen LogP contribution in [-0.4, -0.2) is 0 Å². The van der Waals surface area contributed by atoms with E-state index in [0.29, 0.717) is 0 Å². The molecule has 9 rings (SSSR count). The zero-order chi connectivity index (χ0) is 35.4. The molecule has 0 fully saturated rings. The van der Waals surface area contributed by atoms with E-state index in [1.165, 1.54) is 66.4 Å². The van der Waals surface area contributed by atoms with E-state index in [2.05, 4.69) is 229 Å². The van der Waals surface area contributed by atoms with Gasteiger partial charge in [0.2, 0.25) is 0 Å². The summed E-state index contributed by atoms with van der Waals surface area (Å²) in [5, 5.41) is 2.49. The van der Waals surface area contributed by atoms with Crippen molar-refractivity contribution in [3.05, 3.63) is 224 Å². The molecule has 0 atom stereocenters. The minimum Gasteiger partial charge on any atom is -0.310 e. The van der Waals surface area contributed by atoms with Gasteiger partial charge in [0.25, 0.3) is 0 Å². The third kappa shape index (κ3) is 6.77. The average Bonchev–Trinajstić information content (AvgIpc) is 3.25. The number of rotatable bonds is 8. The largest absolute Gasteiger partial charge is 0.310 e. The second kappa shape index (κ2) is 14.3. The summed E-state index contributed by atoms with van der Waals surface area (Å²) in [5.41, 5.74) is 15.2. The molecular weight excluding hydrogens is 639 g/mol. The van der Waals surface area contributed by atoms with Gasteiger partial charge in [0.05, 0.1) is 0 Å². The van der Waals surface area contributed by atoms with Crippen LogP contribution in [0.4, 0.5) is 17.1 Å². The van der Waals surface area contributed by atoms with Crippen LogP contribution in [0.5, 0.6) is 0 Å². The second-order valence-electron chi connectivity index (χ2n) is 13.4. The van der Waals surface area contributed by atoms with Crippen LogP contribution in [0.25, 0.3) is 66.4 Å². The van der Waals surface area contributed by atoms with E-state index in [4.69, 9.17) is 0 Å². The zero-order valence-corrected chi connectivity index (χ0v) is 29.3. The molecule has 0 radical (unpaired) electrons. The molecule has 250 valence electrons. The summed E-state index contributed by atoms with van der Waals surface area (Å²) in [4.78, 5) is 2.37. The smallest absolute Gasteiger partial charge is 0.0467 e. The first kappa shape index (κ1) is 32.0. The number of benzene rings is 9. The SMILES string of the molecule is c1ccc(-c2cc(-c3ccccc3)cc(-c3ccc(N(c4cccc(-c5ccccc5)c4)c4cccc(-c5ccc6ccccc6c5)c4)cc3)c2)cc1. The maximum Gasteiger partial charge on any atom is 0.0467 e. The van der Waals surface area contributed by atoms with Gasteiger partial charge in [0.1, 0.15) is 0 Å². The lowest BCUT2D eigenvalue weighted by molar-refractivity contribution is 1.28. The van der Waals surface area contributed by atoms with Crippen LogP contribution in [0.2, 0.25) is 0 Å². The number of hydrogen-bond donors (Lipinski definition) is 0. The van der Waals surface area contributed by atoms with Crippen molar-refractivity contribution in [2.45, 2.75) is 0 Å². The Morgan fingerprint density at radius 3 is 1.09 bits per heavy atom. The van der Waals surface area contributed by atoms with Gasteiger partial charge in [-0.15, -0.1) is 0 Å². The van der Waals surface area contributed by atoms with Gasteiger partial charge in [-0.05, 0) is 127 Å². The van der Waals surface area contributed by atoms with Crippen molar-refractivity contribution in [2.24, 2.45) is 0 Å². The van der Waals surface area contributed by atoms with E-state index in [1.807, 2.05) is 0 Å². The number of fused-ring (bicyclic) bond motifs is 1. The first-order valence-electron chi connectivity index (χ1n) is 18.2. The number of nitrogens with zero attached hydrogens (tertiary/aromatic N) is 1. The fourth-order valence-corrected chi connectivity index (χ4v) is 7.29. The first-order chi connectivity index (χ1) is 26.2. The van der Waals surface area contributed by atoms with Crippen molar-refractivity contribution in [1.82, 2.24) is 0 Å². The maximum absolute atomic E-state index is 2.37. The summed E-state index contributed by atoms with van der Waals surface area (Å²) in [7, 11) is 0. The average molecular weight is 676 g/mol. The Kier molecular flexibility index (Phi) is 8.66. The van der Waals surface area contributed by atoms with Crippen LogP contribution in [0.3, 0.4) is 0 Å². The molecule has 0 aliphatic carbocycles. The predicted octanol–water partition coefficient (Wildman–Crippen LogP) is 14.6. The second-order valence-corrected chi connectivity index (χ2v) is 13.4. The minimum absolute atomic E-state index is 1.09. The Balaban J connectivity index is 1.15. The van der Waals surface area contributed by atoms with Gasteiger partial charge in [-0.3, -0.25) is 0 Å². The molecule has 0 aromatic heterocycles. The summed E-state index contributed by atoms with van der Waals surface area (Å²) in [5.74, 6) is 0. The van der Waals surface area contributed by atoms with Gasteiger partial charge in [0, 0.05) is 17.1 Å². The topological polar surface area (TPSA) is 3.24 Å². The Morgan fingerprint density at radius 2 is 0.566 bits per heavy atom. The summed E-state index contributed by atoms with van der Waals surface area (Å²) in [6.07, 6.45) is 0. The molecule has 0 N–H and O–H groups in total. The van der Waals surface area contributed by atoms with Crippen molar-refractivity contribution in [2.75, 3.05) is 4.90 Å². The highest BCUT2D eigenvalue weighted by Gasteiger charge is 2.16. The molecule has 0 amide bonds. The fourth-order valence-electron chi connectivity index (χ4n) is 7.29. The lowest BCUT2D eigenvalue weighted by Crippen LogP contribution is -2.10. The lowest BCUT2D eigenvalue weighted by atomic mass is 9.93. The monoisotopic (exact) mass is 675 g/mol. The lowest BCUT2D eigenvalue weighted by Gasteiger charge is -2.27. The Hall–Kier alpha value is -6.96. The molecule has 0 saturated heterocycles. The van der Waals surface area contributed by atoms with Crippen LogP contribution < -0.4 is 4.90 Å². The molecule has 0 aliphatic rings. The molecular formula is C52H37N. The third-order valence-electron chi connectivity index (χ3n) is 10.0. The quantitative estimate of drug-likeness (QED) is 0.155. The summed E-state index contributed by atoms with van der Waals surface area (Å²) < 4.78 is 0. The van der Waals surface area contributed by atoms with Gasteiger partial charge < -0.3 is 4.90 Å². The third-order valence-corrected chi connectivity index (χ3v) is 10.0. The van der Waals surface area contributed by atoms with Gasteiger partial charge >= 0.3 is 0 Å². The highest BCUT2D eigenvalue weighted by Crippen LogP contribution is 2.40. The van der Waals surface area contributed by atoms with Gasteiger partial charge in [0.15, 0.2) is 0 Å². The van der Waals surface area contributed by atoms with Crippen LogP contribution in [0.1, 0.15) is 0 Å². The van der Waals surface area contributed by atoms with Crippen molar-refractivity contribution < 1.29 is 0 Å². The molecule has 0 spiro atoms. The molecule has 0 heterocycles. The van der Waals surface area contributed by atoms with Gasteiger partial charge in [-0.1, -0.05) is 164 Å². The van der Waals surface area contributed by atoms with Crippen LogP contribution >= 0.6 is 0 Å². The molecule has 1 heteroatoms. The highest BCUT2D eigenvalue weighted by molar-refractivity contribution is 5.89. The molecule has 9 aromatic rings. The number of anilines is 3. The zero-order valence-electron chi connectivity index (χ0n) is 29.3. The summed E-state index contributed by atoms with van der Waals surface area (Å²) in [6.45, 7) is 0. The minimum atomic E-state index is 1.09. The summed E-state index contributed by atoms with van der Waals surface area (Å²) in [6, 6.07) is 80.9. The van der Waals surface area contributed by atoms with Crippen molar-refractivity contribution in [3.63, 3.8) is 0 Å². The molecule has 1 nitrogen and oxygen atoms in total. The Labute approximate surface area is 311 Å². The molecule has 0 saturated carbocycles. The molecule has 0 unspecified atom stereocenters. The van der Waals surface area contributed by atoms with Crippen molar-refractivity contribution >= 4 is 27.8 Å². The van der Waals surface area contributed by atoms with Crippen LogP contribution in [-0.2, 0) is 0 Å². The van der Waals surface area contributed by atoms with Crippen molar-refractivity contribution in [3.8, 4) is 55.6 Å². The highest BCUT2D eigenvalue weighted by atomic mass is 15.1.